The van der Waals surface area contributed by atoms with Crippen LogP contribution in [-0.4, -0.2) is 42.9 Å². The zero-order valence-electron chi connectivity index (χ0n) is 28.5. The van der Waals surface area contributed by atoms with Crippen LogP contribution < -0.4 is 16.4 Å². The maximum atomic E-state index is 13.0. The van der Waals surface area contributed by atoms with Crippen molar-refractivity contribution in [2.24, 2.45) is 5.73 Å². The van der Waals surface area contributed by atoms with Crippen molar-refractivity contribution in [1.29, 1.82) is 0 Å². The van der Waals surface area contributed by atoms with Gasteiger partial charge in [-0.3, -0.25) is 9.59 Å². The molecular weight excluding hydrogens is 655 g/mol. The van der Waals surface area contributed by atoms with Crippen molar-refractivity contribution in [2.75, 3.05) is 18.9 Å². The Bertz CT molecular complexity index is 1780. The molecule has 260 valence electrons. The van der Waals surface area contributed by atoms with E-state index in [0.717, 1.165) is 23.1 Å². The minimum atomic E-state index is -0.853. The van der Waals surface area contributed by atoms with Gasteiger partial charge in [0.05, 0.1) is 4.75 Å². The number of benzene rings is 5. The molecule has 3 amide bonds. The predicted molar refractivity (Wildman–Crippen MR) is 204 cm³/mol. The minimum absolute atomic E-state index is 0.00993. The van der Waals surface area contributed by atoms with E-state index in [-0.39, 0.29) is 30.6 Å². The van der Waals surface area contributed by atoms with Crippen molar-refractivity contribution < 1.29 is 19.1 Å². The molecule has 1 atom stereocenters. The number of unbranched alkanes of at least 4 members (excludes halogenated alkanes) is 2. The molecule has 1 aliphatic rings. The van der Waals surface area contributed by atoms with Gasteiger partial charge in [-0.05, 0) is 51.8 Å². The number of primary amides is 1. The summed E-state index contributed by atoms with van der Waals surface area (Å²) >= 11 is 1.58. The standard InChI is InChI=1S/C43H43N3O4S/c44-41(48)39(30-51-43(31-17-5-1-6-18-31,32-19-7-2-8-20-32)33-21-9-3-10-22-33)46-40(47)27-11-4-16-28-45-42(49)50-29-38-36-25-14-12-23-34(36)35-24-13-15-26-37(35)38/h1-3,5-10,12-15,17-26,38-39H,4,11,16,27-30H2,(H2,44,48)(H,45,49)(H,46,47). The van der Waals surface area contributed by atoms with Crippen molar-refractivity contribution >= 4 is 29.7 Å². The van der Waals surface area contributed by atoms with Crippen LogP contribution in [0.15, 0.2) is 140 Å². The van der Waals surface area contributed by atoms with Crippen LogP contribution in [0.2, 0.25) is 0 Å². The predicted octanol–water partition coefficient (Wildman–Crippen LogP) is 7.78. The van der Waals surface area contributed by atoms with E-state index in [2.05, 4.69) is 71.3 Å². The van der Waals surface area contributed by atoms with Crippen LogP contribution in [-0.2, 0) is 19.1 Å². The molecule has 0 saturated carbocycles. The van der Waals surface area contributed by atoms with Crippen LogP contribution in [0.4, 0.5) is 4.79 Å². The average Bonchev–Trinajstić information content (AvgIpc) is 3.49. The molecule has 0 bridgehead atoms. The number of amides is 3. The molecule has 6 rings (SSSR count). The number of ether oxygens (including phenoxy) is 1. The molecule has 0 heterocycles. The monoisotopic (exact) mass is 697 g/mol. The lowest BCUT2D eigenvalue weighted by Gasteiger charge is -2.36. The summed E-state index contributed by atoms with van der Waals surface area (Å²) in [5.74, 6) is -0.514. The molecule has 51 heavy (non-hydrogen) atoms. The molecule has 4 N–H and O–H groups in total. The molecular formula is C43H43N3O4S. The molecule has 0 saturated heterocycles. The molecule has 8 heteroatoms. The smallest absolute Gasteiger partial charge is 0.407 e. The van der Waals surface area contributed by atoms with Crippen molar-refractivity contribution in [3.63, 3.8) is 0 Å². The van der Waals surface area contributed by atoms with Crippen LogP contribution >= 0.6 is 11.8 Å². The molecule has 0 fully saturated rings. The highest BCUT2D eigenvalue weighted by Gasteiger charge is 2.38. The highest BCUT2D eigenvalue weighted by atomic mass is 32.2. The number of rotatable bonds is 16. The van der Waals surface area contributed by atoms with E-state index < -0.39 is 22.8 Å². The maximum Gasteiger partial charge on any atom is 0.407 e. The molecule has 7 nitrogen and oxygen atoms in total. The number of nitrogens with one attached hydrogen (secondary N) is 2. The molecule has 0 spiro atoms. The van der Waals surface area contributed by atoms with Gasteiger partial charge in [0, 0.05) is 24.6 Å². The lowest BCUT2D eigenvalue weighted by Crippen LogP contribution is -2.47. The van der Waals surface area contributed by atoms with Gasteiger partial charge < -0.3 is 21.1 Å². The fourth-order valence-corrected chi connectivity index (χ4v) is 8.44. The van der Waals surface area contributed by atoms with E-state index in [9.17, 15) is 14.4 Å². The first-order valence-electron chi connectivity index (χ1n) is 17.5. The zero-order chi connectivity index (χ0) is 35.5. The number of carbonyl (C=O) groups excluding carboxylic acids is 3. The molecule has 5 aromatic rings. The first-order valence-corrected chi connectivity index (χ1v) is 18.4. The Labute approximate surface area is 304 Å². The lowest BCUT2D eigenvalue weighted by atomic mass is 9.84. The Morgan fingerprint density at radius 1 is 0.667 bits per heavy atom. The van der Waals surface area contributed by atoms with Crippen LogP contribution in [0.25, 0.3) is 11.1 Å². The average molecular weight is 698 g/mol. The normalized spacial score (nSPS) is 12.7. The van der Waals surface area contributed by atoms with Crippen molar-refractivity contribution in [2.45, 2.75) is 42.4 Å². The number of alkyl carbamates (subject to hydrolysis) is 1. The lowest BCUT2D eigenvalue weighted by molar-refractivity contribution is -0.126. The van der Waals surface area contributed by atoms with E-state index in [1.54, 1.807) is 11.8 Å². The van der Waals surface area contributed by atoms with Gasteiger partial charge in [-0.1, -0.05) is 146 Å². The quantitative estimate of drug-likeness (QED) is 0.0721. The largest absolute Gasteiger partial charge is 0.449 e. The second kappa shape index (κ2) is 17.1. The third-order valence-corrected chi connectivity index (χ3v) is 11.0. The molecule has 1 unspecified atom stereocenters. The number of nitrogens with two attached hydrogens (primary N) is 1. The summed E-state index contributed by atoms with van der Waals surface area (Å²) in [6.45, 7) is 0.710. The summed E-state index contributed by atoms with van der Waals surface area (Å²) in [5.41, 5.74) is 13.8. The number of thioether (sulfide) groups is 1. The van der Waals surface area contributed by atoms with E-state index in [4.69, 9.17) is 10.5 Å². The van der Waals surface area contributed by atoms with Crippen molar-refractivity contribution in [1.82, 2.24) is 10.6 Å². The molecule has 0 aromatic heterocycles. The minimum Gasteiger partial charge on any atom is -0.449 e. The summed E-state index contributed by atoms with van der Waals surface area (Å²) in [6.07, 6.45) is 1.83. The molecule has 1 aliphatic carbocycles. The Hall–Kier alpha value is -5.34. The fraction of sp³-hybridized carbons (Fsp3) is 0.233. The highest BCUT2D eigenvalue weighted by Crippen LogP contribution is 2.48. The maximum absolute atomic E-state index is 13.0. The van der Waals surface area contributed by atoms with Gasteiger partial charge in [0.1, 0.15) is 12.6 Å². The Morgan fingerprint density at radius 3 is 1.67 bits per heavy atom. The van der Waals surface area contributed by atoms with Crippen molar-refractivity contribution in [3.8, 4) is 11.1 Å². The van der Waals surface area contributed by atoms with Crippen LogP contribution in [0.3, 0.4) is 0 Å². The van der Waals surface area contributed by atoms with E-state index in [0.29, 0.717) is 19.4 Å². The van der Waals surface area contributed by atoms with Gasteiger partial charge in [-0.25, -0.2) is 4.79 Å². The Morgan fingerprint density at radius 2 is 1.16 bits per heavy atom. The summed E-state index contributed by atoms with van der Waals surface area (Å²) < 4.78 is 4.99. The first-order chi connectivity index (χ1) is 25.0. The molecule has 0 aliphatic heterocycles. The van der Waals surface area contributed by atoms with Crippen molar-refractivity contribution in [3.05, 3.63) is 167 Å². The second-order valence-electron chi connectivity index (χ2n) is 12.7. The van der Waals surface area contributed by atoms with Gasteiger partial charge in [-0.15, -0.1) is 11.8 Å². The third kappa shape index (κ3) is 8.35. The van der Waals surface area contributed by atoms with E-state index >= 15 is 0 Å². The number of hydrogen-bond acceptors (Lipinski definition) is 5. The second-order valence-corrected chi connectivity index (χ2v) is 13.9. The van der Waals surface area contributed by atoms with Gasteiger partial charge in [0.15, 0.2) is 0 Å². The first kappa shape index (κ1) is 35.5. The number of hydrogen-bond donors (Lipinski definition) is 3. The summed E-state index contributed by atoms with van der Waals surface area (Å²) in [6, 6.07) is 46.2. The number of fused-ring (bicyclic) bond motifs is 3. The van der Waals surface area contributed by atoms with Gasteiger partial charge in [0.2, 0.25) is 11.8 Å². The number of carbonyl (C=O) groups is 3. The Kier molecular flexibility index (Phi) is 11.9. The van der Waals surface area contributed by atoms with E-state index in [1.807, 2.05) is 78.9 Å². The van der Waals surface area contributed by atoms with Gasteiger partial charge >= 0.3 is 6.09 Å². The molecule has 0 radical (unpaired) electrons. The van der Waals surface area contributed by atoms with Crippen LogP contribution in [0.1, 0.15) is 59.4 Å². The summed E-state index contributed by atoms with van der Waals surface area (Å²) in [4.78, 5) is 38.2. The molecule has 5 aromatic carbocycles. The third-order valence-electron chi connectivity index (χ3n) is 9.38. The van der Waals surface area contributed by atoms with Crippen LogP contribution in [0, 0.1) is 0 Å². The highest BCUT2D eigenvalue weighted by molar-refractivity contribution is 8.00. The topological polar surface area (TPSA) is 111 Å². The zero-order valence-corrected chi connectivity index (χ0v) is 29.3. The van der Waals surface area contributed by atoms with Gasteiger partial charge in [0.25, 0.3) is 0 Å². The summed E-state index contributed by atoms with van der Waals surface area (Å²) in [5, 5.41) is 5.72. The van der Waals surface area contributed by atoms with E-state index in [1.165, 1.54) is 22.3 Å². The Balaban J connectivity index is 0.976. The summed E-state index contributed by atoms with van der Waals surface area (Å²) in [7, 11) is 0. The van der Waals surface area contributed by atoms with Gasteiger partial charge in [-0.2, -0.15) is 0 Å². The van der Waals surface area contributed by atoms with Crippen LogP contribution in [0.5, 0.6) is 0 Å². The fourth-order valence-electron chi connectivity index (χ4n) is 6.87. The SMILES string of the molecule is NC(=O)C(CSC(c1ccccc1)(c1ccccc1)c1ccccc1)NC(=O)CCCCCNC(=O)OCC1c2ccccc2-c2ccccc21.